The van der Waals surface area contributed by atoms with Gasteiger partial charge in [-0.15, -0.1) is 12.4 Å². The van der Waals surface area contributed by atoms with Gasteiger partial charge in [-0.25, -0.2) is 0 Å². The van der Waals surface area contributed by atoms with Crippen molar-refractivity contribution in [3.8, 4) is 34.1 Å². The molecule has 0 bridgehead atoms. The first-order valence-electron chi connectivity index (χ1n) is 8.38. The highest BCUT2D eigenvalue weighted by Crippen LogP contribution is 2.55. The summed E-state index contributed by atoms with van der Waals surface area (Å²) >= 11 is 0. The molecule has 0 saturated carbocycles. The van der Waals surface area contributed by atoms with E-state index in [4.69, 9.17) is 18.9 Å². The molecule has 6 heteroatoms. The van der Waals surface area contributed by atoms with Crippen LogP contribution in [0.2, 0.25) is 0 Å². The topological polar surface area (TPSA) is 40.2 Å². The van der Waals surface area contributed by atoms with Crippen LogP contribution in [0.3, 0.4) is 0 Å². The highest BCUT2D eigenvalue weighted by atomic mass is 35.5. The average molecular weight is 360 g/mol. The van der Waals surface area contributed by atoms with Gasteiger partial charge in [0.2, 0.25) is 13.6 Å². The highest BCUT2D eigenvalue weighted by molar-refractivity contribution is 5.86. The van der Waals surface area contributed by atoms with Crippen LogP contribution in [0.4, 0.5) is 0 Å². The second-order valence-corrected chi connectivity index (χ2v) is 6.87. The second kappa shape index (κ2) is 5.19. The summed E-state index contributed by atoms with van der Waals surface area (Å²) in [5.41, 5.74) is 6.47. The molecule has 2 aromatic rings. The maximum absolute atomic E-state index is 5.87. The minimum atomic E-state index is 0. The lowest BCUT2D eigenvalue weighted by Crippen LogP contribution is -2.35. The first-order chi connectivity index (χ1) is 11.8. The Labute approximate surface area is 151 Å². The summed E-state index contributed by atoms with van der Waals surface area (Å²) in [6.07, 6.45) is 2.04. The van der Waals surface area contributed by atoms with Crippen LogP contribution < -0.4 is 18.9 Å². The van der Waals surface area contributed by atoms with E-state index in [1.54, 1.807) is 0 Å². The van der Waals surface area contributed by atoms with E-state index in [1.165, 1.54) is 27.8 Å². The minimum Gasteiger partial charge on any atom is -0.454 e. The molecule has 0 N–H and O–H groups in total. The summed E-state index contributed by atoms with van der Waals surface area (Å²) in [7, 11) is 2.21. The third-order valence-corrected chi connectivity index (χ3v) is 5.67. The Morgan fingerprint density at radius 3 is 2.52 bits per heavy atom. The van der Waals surface area contributed by atoms with Gasteiger partial charge >= 0.3 is 0 Å². The van der Waals surface area contributed by atoms with Crippen molar-refractivity contribution in [2.45, 2.75) is 18.9 Å². The lowest BCUT2D eigenvalue weighted by atomic mass is 9.76. The molecule has 3 aliphatic heterocycles. The first-order valence-corrected chi connectivity index (χ1v) is 8.38. The molecule has 3 heterocycles. The monoisotopic (exact) mass is 359 g/mol. The predicted octanol–water partition coefficient (Wildman–Crippen LogP) is 3.32. The number of ether oxygens (including phenoxy) is 4. The Balaban J connectivity index is 0.00000140. The van der Waals surface area contributed by atoms with Gasteiger partial charge in [0.05, 0.1) is 0 Å². The van der Waals surface area contributed by atoms with Crippen LogP contribution in [-0.2, 0) is 12.8 Å². The van der Waals surface area contributed by atoms with E-state index in [9.17, 15) is 0 Å². The zero-order valence-electron chi connectivity index (χ0n) is 13.8. The lowest BCUT2D eigenvalue weighted by molar-refractivity contribution is 0.174. The van der Waals surface area contributed by atoms with Crippen molar-refractivity contribution < 1.29 is 18.9 Å². The lowest BCUT2D eigenvalue weighted by Gasteiger charge is -2.40. The fourth-order valence-corrected chi connectivity index (χ4v) is 4.49. The largest absolute Gasteiger partial charge is 0.454 e. The first kappa shape index (κ1) is 15.2. The predicted molar refractivity (Wildman–Crippen MR) is 94.2 cm³/mol. The summed E-state index contributed by atoms with van der Waals surface area (Å²) in [6, 6.07) is 6.81. The van der Waals surface area contributed by atoms with Gasteiger partial charge in [-0.3, -0.25) is 4.90 Å². The number of hydrogen-bond acceptors (Lipinski definition) is 5. The molecule has 0 spiro atoms. The molecule has 0 radical (unpaired) electrons. The van der Waals surface area contributed by atoms with E-state index in [2.05, 4.69) is 30.1 Å². The molecule has 2 aromatic carbocycles. The molecule has 0 aromatic heterocycles. The van der Waals surface area contributed by atoms with Crippen molar-refractivity contribution in [3.05, 3.63) is 34.9 Å². The summed E-state index contributed by atoms with van der Waals surface area (Å²) in [5.74, 6) is 3.42. The van der Waals surface area contributed by atoms with Crippen LogP contribution in [-0.4, -0.2) is 32.1 Å². The van der Waals surface area contributed by atoms with Crippen LogP contribution in [0.1, 0.15) is 22.7 Å². The minimum absolute atomic E-state index is 0. The zero-order chi connectivity index (χ0) is 15.8. The zero-order valence-corrected chi connectivity index (χ0v) is 14.6. The Hall–Kier alpha value is -2.11. The van der Waals surface area contributed by atoms with Gasteiger partial charge in [-0.05, 0) is 60.3 Å². The molecule has 0 unspecified atom stereocenters. The van der Waals surface area contributed by atoms with Gasteiger partial charge in [0.1, 0.15) is 0 Å². The van der Waals surface area contributed by atoms with E-state index >= 15 is 0 Å². The average Bonchev–Trinajstić information content (AvgIpc) is 3.23. The van der Waals surface area contributed by atoms with Crippen molar-refractivity contribution >= 4 is 12.4 Å². The Kier molecular flexibility index (Phi) is 3.15. The fraction of sp³-hybridized carbons (Fsp3) is 0.368. The summed E-state index contributed by atoms with van der Waals surface area (Å²) < 4.78 is 22.8. The summed E-state index contributed by atoms with van der Waals surface area (Å²) in [4.78, 5) is 2.45. The fourth-order valence-electron chi connectivity index (χ4n) is 4.49. The molecule has 0 amide bonds. The SMILES string of the molecule is CN1CCc2cc3c(c4c2[C@@H]1Cc1cc2c(cc1-4)OCO2)OCO3.Cl. The number of nitrogens with zero attached hydrogens (tertiary/aromatic N) is 1. The highest BCUT2D eigenvalue weighted by Gasteiger charge is 2.38. The molecular weight excluding hydrogens is 342 g/mol. The van der Waals surface area contributed by atoms with Crippen LogP contribution in [0.15, 0.2) is 18.2 Å². The number of fused-ring (bicyclic) bond motifs is 5. The number of hydrogen-bond donors (Lipinski definition) is 0. The molecule has 25 heavy (non-hydrogen) atoms. The van der Waals surface area contributed by atoms with Gasteiger partial charge in [-0.1, -0.05) is 0 Å². The van der Waals surface area contributed by atoms with Crippen LogP contribution >= 0.6 is 12.4 Å². The Morgan fingerprint density at radius 2 is 1.64 bits per heavy atom. The van der Waals surface area contributed by atoms with E-state index in [0.29, 0.717) is 19.6 Å². The quantitative estimate of drug-likeness (QED) is 0.721. The van der Waals surface area contributed by atoms with Crippen molar-refractivity contribution in [3.63, 3.8) is 0 Å². The van der Waals surface area contributed by atoms with Crippen molar-refractivity contribution in [1.82, 2.24) is 4.90 Å². The van der Waals surface area contributed by atoms with Gasteiger partial charge in [-0.2, -0.15) is 0 Å². The molecule has 1 aliphatic carbocycles. The molecule has 130 valence electrons. The van der Waals surface area contributed by atoms with E-state index in [0.717, 1.165) is 42.4 Å². The third-order valence-electron chi connectivity index (χ3n) is 5.67. The normalized spacial score (nSPS) is 21.4. The van der Waals surface area contributed by atoms with Crippen LogP contribution in [0.25, 0.3) is 11.1 Å². The number of likely N-dealkylation sites (N-methyl/N-ethyl adjacent to an activating group) is 1. The summed E-state index contributed by atoms with van der Waals surface area (Å²) in [5, 5.41) is 0. The maximum Gasteiger partial charge on any atom is 0.231 e. The third kappa shape index (κ3) is 1.94. The molecule has 4 aliphatic rings. The molecule has 5 nitrogen and oxygen atoms in total. The molecule has 0 fully saturated rings. The van der Waals surface area contributed by atoms with E-state index in [-0.39, 0.29) is 12.4 Å². The Morgan fingerprint density at radius 1 is 0.920 bits per heavy atom. The van der Waals surface area contributed by atoms with Crippen LogP contribution in [0, 0.1) is 0 Å². The summed E-state index contributed by atoms with van der Waals surface area (Å²) in [6.45, 7) is 1.66. The van der Waals surface area contributed by atoms with E-state index in [1.807, 2.05) is 0 Å². The van der Waals surface area contributed by atoms with Crippen molar-refractivity contribution in [2.24, 2.45) is 0 Å². The molecule has 6 rings (SSSR count). The Bertz CT molecular complexity index is 898. The van der Waals surface area contributed by atoms with Gasteiger partial charge in [0.15, 0.2) is 23.0 Å². The smallest absolute Gasteiger partial charge is 0.231 e. The number of benzene rings is 2. The molecule has 1 atom stereocenters. The van der Waals surface area contributed by atoms with Gasteiger partial charge < -0.3 is 18.9 Å². The second-order valence-electron chi connectivity index (χ2n) is 6.87. The molecular formula is C19H18ClNO4. The maximum atomic E-state index is 5.87. The number of rotatable bonds is 0. The number of halogens is 1. The molecule has 0 saturated heterocycles. The van der Waals surface area contributed by atoms with Crippen molar-refractivity contribution in [2.75, 3.05) is 27.2 Å². The van der Waals surface area contributed by atoms with E-state index < -0.39 is 0 Å². The van der Waals surface area contributed by atoms with Gasteiger partial charge in [0, 0.05) is 18.2 Å². The van der Waals surface area contributed by atoms with Crippen molar-refractivity contribution in [1.29, 1.82) is 0 Å². The van der Waals surface area contributed by atoms with Gasteiger partial charge in [0.25, 0.3) is 0 Å². The standard InChI is InChI=1S/C19H17NO4.ClH/c1-20-3-2-10-5-16-19(24-9-23-16)18-12-7-15-14(21-8-22-15)6-11(12)4-13(20)17(10)18;/h5-7,13H,2-4,8-9H2,1H3;1H/t13-;/m0./s1. The van der Waals surface area contributed by atoms with Crippen LogP contribution in [0.5, 0.6) is 23.0 Å².